The molecular formula is C16H18FNO. The Kier molecular flexibility index (Phi) is 4.17. The summed E-state index contributed by atoms with van der Waals surface area (Å²) in [7, 11) is 1.58. The van der Waals surface area contributed by atoms with E-state index in [0.29, 0.717) is 5.75 Å². The van der Waals surface area contributed by atoms with Crippen LogP contribution in [-0.4, -0.2) is 13.2 Å². The monoisotopic (exact) mass is 259 g/mol. The van der Waals surface area contributed by atoms with Crippen LogP contribution >= 0.6 is 0 Å². The molecule has 2 nitrogen and oxygen atoms in total. The van der Waals surface area contributed by atoms with Gasteiger partial charge in [0.25, 0.3) is 0 Å². The number of nitrogens with two attached hydrogens (primary N) is 1. The van der Waals surface area contributed by atoms with Crippen molar-refractivity contribution in [1.29, 1.82) is 0 Å². The Morgan fingerprint density at radius 2 is 1.84 bits per heavy atom. The van der Waals surface area contributed by atoms with Crippen LogP contribution in [0.4, 0.5) is 4.39 Å². The molecule has 2 aromatic rings. The van der Waals surface area contributed by atoms with E-state index in [4.69, 9.17) is 10.5 Å². The summed E-state index contributed by atoms with van der Waals surface area (Å²) in [4.78, 5) is 0. The third kappa shape index (κ3) is 3.32. The molecule has 3 heteroatoms. The van der Waals surface area contributed by atoms with E-state index in [9.17, 15) is 4.39 Å². The highest BCUT2D eigenvalue weighted by molar-refractivity contribution is 5.70. The van der Waals surface area contributed by atoms with Crippen LogP contribution in [0.15, 0.2) is 42.5 Å². The number of ether oxygens (including phenoxy) is 1. The van der Waals surface area contributed by atoms with Crippen molar-refractivity contribution < 1.29 is 9.13 Å². The highest BCUT2D eigenvalue weighted by atomic mass is 19.1. The minimum atomic E-state index is -0.268. The van der Waals surface area contributed by atoms with Crippen LogP contribution in [-0.2, 0) is 6.42 Å². The van der Waals surface area contributed by atoms with Crippen LogP contribution in [0, 0.1) is 5.82 Å². The number of benzene rings is 2. The van der Waals surface area contributed by atoms with Gasteiger partial charge >= 0.3 is 0 Å². The molecule has 0 aromatic heterocycles. The number of hydrogen-bond donors (Lipinski definition) is 1. The van der Waals surface area contributed by atoms with Gasteiger partial charge in [-0.05, 0) is 42.7 Å². The van der Waals surface area contributed by atoms with Gasteiger partial charge in [0.1, 0.15) is 11.6 Å². The largest absolute Gasteiger partial charge is 0.496 e. The zero-order valence-corrected chi connectivity index (χ0v) is 11.2. The first-order chi connectivity index (χ1) is 9.10. The fraction of sp³-hybridized carbons (Fsp3) is 0.250. The first kappa shape index (κ1) is 13.6. The molecule has 0 spiro atoms. The number of halogens is 1. The van der Waals surface area contributed by atoms with E-state index in [1.165, 1.54) is 17.7 Å². The van der Waals surface area contributed by atoms with E-state index in [1.807, 2.05) is 31.2 Å². The molecule has 0 bridgehead atoms. The Hall–Kier alpha value is -1.87. The van der Waals surface area contributed by atoms with E-state index in [0.717, 1.165) is 17.5 Å². The maximum absolute atomic E-state index is 13.3. The van der Waals surface area contributed by atoms with Gasteiger partial charge in [0, 0.05) is 11.6 Å². The lowest BCUT2D eigenvalue weighted by Crippen LogP contribution is -2.17. The Morgan fingerprint density at radius 3 is 2.42 bits per heavy atom. The van der Waals surface area contributed by atoms with Gasteiger partial charge in [-0.1, -0.05) is 24.3 Å². The van der Waals surface area contributed by atoms with Crippen molar-refractivity contribution >= 4 is 0 Å². The van der Waals surface area contributed by atoms with Gasteiger partial charge in [0.2, 0.25) is 0 Å². The van der Waals surface area contributed by atoms with E-state index >= 15 is 0 Å². The third-order valence-electron chi connectivity index (χ3n) is 2.98. The van der Waals surface area contributed by atoms with Crippen molar-refractivity contribution in [2.24, 2.45) is 5.73 Å². The summed E-state index contributed by atoms with van der Waals surface area (Å²) in [5.41, 5.74) is 8.64. The molecule has 0 heterocycles. The Morgan fingerprint density at radius 1 is 1.16 bits per heavy atom. The average molecular weight is 259 g/mol. The predicted molar refractivity (Wildman–Crippen MR) is 75.7 cm³/mol. The van der Waals surface area contributed by atoms with Crippen molar-refractivity contribution in [2.45, 2.75) is 19.4 Å². The SMILES string of the molecule is COc1ccc(F)cc1-c1ccc(CC(C)N)cc1. The topological polar surface area (TPSA) is 35.2 Å². The Balaban J connectivity index is 2.34. The van der Waals surface area contributed by atoms with Crippen LogP contribution in [0.1, 0.15) is 12.5 Å². The van der Waals surface area contributed by atoms with Gasteiger partial charge in [0.05, 0.1) is 7.11 Å². The van der Waals surface area contributed by atoms with E-state index in [1.54, 1.807) is 13.2 Å². The van der Waals surface area contributed by atoms with Gasteiger partial charge in [-0.2, -0.15) is 0 Å². The molecular weight excluding hydrogens is 241 g/mol. The Labute approximate surface area is 113 Å². The maximum Gasteiger partial charge on any atom is 0.126 e. The molecule has 0 amide bonds. The summed E-state index contributed by atoms with van der Waals surface area (Å²) in [6.07, 6.45) is 0.834. The van der Waals surface area contributed by atoms with Crippen molar-refractivity contribution in [3.63, 3.8) is 0 Å². The molecule has 0 aliphatic heterocycles. The summed E-state index contributed by atoms with van der Waals surface area (Å²) in [6, 6.07) is 12.6. The molecule has 1 atom stereocenters. The first-order valence-corrected chi connectivity index (χ1v) is 6.28. The minimum Gasteiger partial charge on any atom is -0.496 e. The summed E-state index contributed by atoms with van der Waals surface area (Å²) < 4.78 is 18.6. The molecule has 100 valence electrons. The second kappa shape index (κ2) is 5.85. The molecule has 2 rings (SSSR count). The predicted octanol–water partition coefficient (Wildman–Crippen LogP) is 3.39. The van der Waals surface area contributed by atoms with E-state index in [-0.39, 0.29) is 11.9 Å². The zero-order chi connectivity index (χ0) is 13.8. The standard InChI is InChI=1S/C16H18FNO/c1-11(18)9-12-3-5-13(6-4-12)15-10-14(17)7-8-16(15)19-2/h3-8,10-11H,9,18H2,1-2H3. The maximum atomic E-state index is 13.3. The lowest BCUT2D eigenvalue weighted by molar-refractivity contribution is 0.415. The van der Waals surface area contributed by atoms with Crippen molar-refractivity contribution in [2.75, 3.05) is 7.11 Å². The molecule has 0 fully saturated rings. The first-order valence-electron chi connectivity index (χ1n) is 6.28. The van der Waals surface area contributed by atoms with E-state index < -0.39 is 0 Å². The van der Waals surface area contributed by atoms with Gasteiger partial charge in [-0.25, -0.2) is 4.39 Å². The van der Waals surface area contributed by atoms with Crippen LogP contribution in [0.3, 0.4) is 0 Å². The second-order valence-electron chi connectivity index (χ2n) is 4.72. The zero-order valence-electron chi connectivity index (χ0n) is 11.2. The molecule has 19 heavy (non-hydrogen) atoms. The summed E-state index contributed by atoms with van der Waals surface area (Å²) >= 11 is 0. The summed E-state index contributed by atoms with van der Waals surface area (Å²) in [5.74, 6) is 0.400. The fourth-order valence-corrected chi connectivity index (χ4v) is 2.10. The van der Waals surface area contributed by atoms with Crippen molar-refractivity contribution in [3.05, 3.63) is 53.8 Å². The van der Waals surface area contributed by atoms with Crippen molar-refractivity contribution in [3.8, 4) is 16.9 Å². The molecule has 0 saturated heterocycles. The van der Waals surface area contributed by atoms with E-state index in [2.05, 4.69) is 0 Å². The van der Waals surface area contributed by atoms with Crippen LogP contribution in [0.2, 0.25) is 0 Å². The molecule has 0 radical (unpaired) electrons. The summed E-state index contributed by atoms with van der Waals surface area (Å²) in [5, 5.41) is 0. The molecule has 0 aliphatic rings. The van der Waals surface area contributed by atoms with Gasteiger partial charge in [-0.15, -0.1) is 0 Å². The molecule has 1 unspecified atom stereocenters. The average Bonchev–Trinajstić information content (AvgIpc) is 2.39. The number of methoxy groups -OCH3 is 1. The normalized spacial score (nSPS) is 12.2. The summed E-state index contributed by atoms with van der Waals surface area (Å²) in [6.45, 7) is 1.98. The third-order valence-corrected chi connectivity index (χ3v) is 2.98. The lowest BCUT2D eigenvalue weighted by Gasteiger charge is -2.10. The molecule has 2 aromatic carbocycles. The molecule has 0 aliphatic carbocycles. The fourth-order valence-electron chi connectivity index (χ4n) is 2.10. The van der Waals surface area contributed by atoms with Gasteiger partial charge in [-0.3, -0.25) is 0 Å². The highest BCUT2D eigenvalue weighted by Crippen LogP contribution is 2.30. The number of hydrogen-bond acceptors (Lipinski definition) is 2. The molecule has 2 N–H and O–H groups in total. The van der Waals surface area contributed by atoms with Crippen LogP contribution < -0.4 is 10.5 Å². The second-order valence-corrected chi connectivity index (χ2v) is 4.72. The molecule has 0 saturated carbocycles. The van der Waals surface area contributed by atoms with Crippen molar-refractivity contribution in [1.82, 2.24) is 0 Å². The minimum absolute atomic E-state index is 0.134. The van der Waals surface area contributed by atoms with Gasteiger partial charge in [0.15, 0.2) is 0 Å². The lowest BCUT2D eigenvalue weighted by atomic mass is 10.0. The van der Waals surface area contributed by atoms with Crippen LogP contribution in [0.25, 0.3) is 11.1 Å². The highest BCUT2D eigenvalue weighted by Gasteiger charge is 2.07. The smallest absolute Gasteiger partial charge is 0.126 e. The van der Waals surface area contributed by atoms with Gasteiger partial charge < -0.3 is 10.5 Å². The van der Waals surface area contributed by atoms with Crippen LogP contribution in [0.5, 0.6) is 5.75 Å². The number of rotatable bonds is 4. The Bertz CT molecular complexity index is 549. The quantitative estimate of drug-likeness (QED) is 0.913.